The molecule has 13 rings (SSSR count). The highest BCUT2D eigenvalue weighted by Crippen LogP contribution is 2.59. The van der Waals surface area contributed by atoms with E-state index < -0.39 is 349 Å². The van der Waals surface area contributed by atoms with Crippen LogP contribution in [0.3, 0.4) is 0 Å². The maximum Gasteiger partial charge on any atom is 0.410 e. The molecular formula is C80H99Cl2N11O37P2. The third kappa shape index (κ3) is 23.5. The summed E-state index contributed by atoms with van der Waals surface area (Å²) in [5, 5.41) is 137. The summed E-state index contributed by atoms with van der Waals surface area (Å²) in [5.41, 5.74) is 2.71. The summed E-state index contributed by atoms with van der Waals surface area (Å²) >= 11 is 14.5. The average Bonchev–Trinajstić information content (AvgIpc) is 0.761. The number of halogens is 2. The number of aliphatic hydroxyl groups is 6. The Morgan fingerprint density at radius 1 is 0.659 bits per heavy atom. The van der Waals surface area contributed by atoms with Crippen LogP contribution in [-0.4, -0.2) is 265 Å². The van der Waals surface area contributed by atoms with Crippen LogP contribution in [0.4, 0.5) is 4.79 Å². The number of carboxylic acids is 1. The summed E-state index contributed by atoms with van der Waals surface area (Å²) in [7, 11) is -9.85. The summed E-state index contributed by atoms with van der Waals surface area (Å²) < 4.78 is 85.0. The molecule has 0 radical (unpaired) electrons. The van der Waals surface area contributed by atoms with E-state index in [1.165, 1.54) is 46.1 Å². The highest BCUT2D eigenvalue weighted by Gasteiger charge is 2.54. The monoisotopic (exact) mass is 1940 g/mol. The van der Waals surface area contributed by atoms with Crippen LogP contribution in [0.5, 0.6) is 46.0 Å². The molecule has 9 amide bonds. The summed E-state index contributed by atoms with van der Waals surface area (Å²) in [4.78, 5) is 197. The molecule has 3 fully saturated rings. The number of amides is 9. The molecule has 8 heterocycles. The molecule has 8 aliphatic heterocycles. The Bertz CT molecular complexity index is 5340. The number of hydrogen-bond acceptors (Lipinski definition) is 34. The van der Waals surface area contributed by atoms with Gasteiger partial charge in [0.2, 0.25) is 71.6 Å². The number of likely N-dealkylation sites (N-methyl/N-ethyl adjacent to an activating group) is 1. The summed E-state index contributed by atoms with van der Waals surface area (Å²) in [6.45, 7) is 6.58. The molecule has 0 saturated carbocycles. The fourth-order valence-electron chi connectivity index (χ4n) is 15.6. The molecule has 5 aromatic rings. The number of carbonyl (C=O) groups excluding carboxylic acids is 10. The van der Waals surface area contributed by atoms with E-state index in [2.05, 4.69) is 42.5 Å². The lowest BCUT2D eigenvalue weighted by molar-refractivity contribution is -0.334. The minimum Gasteiger partial charge on any atom is -0.508 e. The number of ether oxygens (including phenoxy) is 10. The first kappa shape index (κ1) is 102. The van der Waals surface area contributed by atoms with E-state index in [0.29, 0.717) is 0 Å². The first-order valence-corrected chi connectivity index (χ1v) is 44.7. The molecule has 52 heteroatoms. The minimum absolute atomic E-state index is 0.144. The minimum atomic E-state index is -5.64. The Balaban J connectivity index is 1.09. The largest absolute Gasteiger partial charge is 0.508 e. The number of hydrogen-bond donors (Lipinski definition) is 25. The van der Waals surface area contributed by atoms with Crippen LogP contribution in [0.2, 0.25) is 10.0 Å². The van der Waals surface area contributed by atoms with Gasteiger partial charge in [-0.1, -0.05) is 55.2 Å². The maximum absolute atomic E-state index is 16.5. The van der Waals surface area contributed by atoms with E-state index in [9.17, 15) is 109 Å². The van der Waals surface area contributed by atoms with Crippen molar-refractivity contribution >= 4 is 104 Å². The SMILES string of the molecule is CN[C@H](CC(C)C)C(=O)N[C@H]1C(=O)N[C@@H](CC(N)=O)C(=O)N[C@H]2C(=O)N[C@H]3C(=O)N[C@H](C(=O)N[C@H](C(=O)O)c4cc(O)cc(O)c4-c4cc3ccc4O)[C@H](O[C@H]3C[C@](C)(N)[C@@H](O)[C@H](C)O3)c3ccc(c(Cl)c3)Oc3cc2cc(c3O[C@@H]2O[C@H](CO)[C@@H](O)[C@H](O)[C@H]2O[C@H]2C[C@](C)(NC(=O)OCOC(=O)CCC(=O)NC(P(=O)(O)O)P(=O)(O)O)[C@@H](O)[C@H](C)O2)Oc2ccc(cc2Cl)[C@H]1O. The fraction of sp³-hybridized carbons (Fsp3) is 0.487. The van der Waals surface area contributed by atoms with Gasteiger partial charge in [0.1, 0.15) is 95.6 Å². The first-order valence-electron chi connectivity index (χ1n) is 40.6. The van der Waals surface area contributed by atoms with Crippen molar-refractivity contribution in [3.8, 4) is 57.1 Å². The number of carboxylic acid groups (broad SMARTS) is 1. The summed E-state index contributed by atoms with van der Waals surface area (Å²) in [5.74, 6) is -20.2. The van der Waals surface area contributed by atoms with Gasteiger partial charge in [-0.05, 0) is 124 Å². The van der Waals surface area contributed by atoms with Crippen LogP contribution >= 0.6 is 38.4 Å². The number of alkyl carbamates (subject to hydrolysis) is 1. The number of phenolic OH excluding ortho intramolecular Hbond substituents is 3. The van der Waals surface area contributed by atoms with Crippen LogP contribution in [0, 0.1) is 5.92 Å². The second-order valence-corrected chi connectivity index (χ2v) is 37.6. The van der Waals surface area contributed by atoms with Gasteiger partial charge >= 0.3 is 33.2 Å². The van der Waals surface area contributed by atoms with Crippen LogP contribution in [0.15, 0.2) is 78.9 Å². The van der Waals surface area contributed by atoms with Crippen molar-refractivity contribution < 1.29 is 180 Å². The number of phenols is 3. The van der Waals surface area contributed by atoms with Gasteiger partial charge in [-0.3, -0.25) is 52.3 Å². The predicted molar refractivity (Wildman–Crippen MR) is 447 cm³/mol. The topological polar surface area (TPSA) is 758 Å². The zero-order valence-electron chi connectivity index (χ0n) is 70.8. The molecule has 0 aliphatic carbocycles. The maximum atomic E-state index is 16.5. The molecule has 22 atom stereocenters. The van der Waals surface area contributed by atoms with Crippen molar-refractivity contribution in [3.63, 3.8) is 0 Å². The van der Waals surface area contributed by atoms with Gasteiger partial charge in [0.05, 0.1) is 59.4 Å². The zero-order chi connectivity index (χ0) is 97.2. The number of nitrogens with two attached hydrogens (primary N) is 2. The number of esters is 1. The Labute approximate surface area is 758 Å². The van der Waals surface area contributed by atoms with Crippen molar-refractivity contribution in [1.82, 2.24) is 47.9 Å². The number of aromatic hydroxyl groups is 3. The Kier molecular flexibility index (Phi) is 31.9. The molecule has 8 aliphatic rings. The Morgan fingerprint density at radius 2 is 1.25 bits per heavy atom. The van der Waals surface area contributed by atoms with Gasteiger partial charge < -0.3 is 177 Å². The van der Waals surface area contributed by atoms with Crippen molar-refractivity contribution in [1.29, 1.82) is 0 Å². The molecule has 5 aromatic carbocycles. The van der Waals surface area contributed by atoms with Crippen LogP contribution in [0.1, 0.15) is 138 Å². The van der Waals surface area contributed by atoms with Crippen molar-refractivity contribution in [2.24, 2.45) is 17.4 Å². The lowest BCUT2D eigenvalue weighted by Gasteiger charge is -2.48. The first-order chi connectivity index (χ1) is 61.8. The smallest absolute Gasteiger partial charge is 0.410 e. The lowest BCUT2D eigenvalue weighted by atomic mass is 9.85. The van der Waals surface area contributed by atoms with Crippen LogP contribution in [-0.2, 0) is 90.2 Å². The number of nitrogens with one attached hydrogen (secondary N) is 9. The molecule has 11 bridgehead atoms. The highest BCUT2D eigenvalue weighted by atomic mass is 35.5. The Morgan fingerprint density at radius 3 is 1.84 bits per heavy atom. The second kappa shape index (κ2) is 41.4. The van der Waals surface area contributed by atoms with Gasteiger partial charge in [-0.2, -0.15) is 0 Å². The van der Waals surface area contributed by atoms with E-state index in [0.717, 1.165) is 72.8 Å². The van der Waals surface area contributed by atoms with Gasteiger partial charge in [0.15, 0.2) is 36.2 Å². The molecule has 0 spiro atoms. The quantitative estimate of drug-likeness (QED) is 0.0203. The highest BCUT2D eigenvalue weighted by molar-refractivity contribution is 7.70. The molecule has 3 saturated heterocycles. The molecule has 0 aromatic heterocycles. The number of rotatable bonds is 24. The third-order valence-corrected chi connectivity index (χ3v) is 26.3. The molecule has 720 valence electrons. The normalized spacial score (nSPS) is 29.0. The molecular weight excluding hydrogens is 1840 g/mol. The number of aliphatic hydroxyl groups excluding tert-OH is 6. The average molecular weight is 1940 g/mol. The number of aliphatic carboxylic acids is 1. The van der Waals surface area contributed by atoms with E-state index in [4.69, 9.17) is 82.0 Å². The zero-order valence-corrected chi connectivity index (χ0v) is 74.1. The van der Waals surface area contributed by atoms with Crippen LogP contribution in [0.25, 0.3) is 11.1 Å². The third-order valence-electron chi connectivity index (χ3n) is 22.4. The van der Waals surface area contributed by atoms with Gasteiger partial charge in [-0.15, -0.1) is 0 Å². The number of primary amides is 1. The lowest BCUT2D eigenvalue weighted by Crippen LogP contribution is -2.66. The van der Waals surface area contributed by atoms with Crippen molar-refractivity contribution in [3.05, 3.63) is 117 Å². The molecule has 27 N–H and O–H groups in total. The van der Waals surface area contributed by atoms with Gasteiger partial charge in [-0.25, -0.2) is 9.59 Å². The molecule has 0 unspecified atom stereocenters. The fourth-order valence-corrected chi connectivity index (χ4v) is 18.3. The second-order valence-electron chi connectivity index (χ2n) is 33.0. The van der Waals surface area contributed by atoms with E-state index in [-0.39, 0.29) is 23.5 Å². The van der Waals surface area contributed by atoms with Crippen molar-refractivity contribution in [2.75, 3.05) is 20.4 Å². The standard InChI is InChI=1S/C80H99Cl2N11O37P2/c1-29(2)16-41(85-7)69(106)91-59-61(101)33-9-12-45(39(81)18-33)125-47-20-35-21-48(65(47)130-76-66(63(103)62(102)49(27-94)127-76)129-54-26-80(6,68(105)31(4)124-54)93-77(114)122-28-121-52(100)15-14-51(99)87-78(131(115,116)117)132(118,119)120)126-46-13-10-34(19-40(46)82)64(128-53-25-79(5,84)67(104)30(3)123-53)60-74(111)90-58(75(112)113)38-22-36(95)23-44(97)55(38)37-17-32(8-11-43(37)96)56(71(108)92-60)89-72(109)57(35)88-70(107)42(24-50(83)98)86-73(59)110/h8-13,17-23,29-31,41-42,49,53-54,56-64,66-68,76,78,85,94-97,101-105H,14-16,24-28,84H2,1-7H3,(H2,83,98)(H,86,110)(H,87,99)(H,88,107)(H,89,109)(H,90,111)(H,91,106)(H,92,108)(H,93,114)(H,112,113)(H2,115,116,117)(H2,118,119,120)/t30-,31-,41+,42-,49+,53-,54-,56+,57+,58-,59+,60-,61+,62+,63-,64+,66+,67-,68-,76-,79-,80-/m0/s1. The number of carbonyl (C=O) groups is 11. The van der Waals surface area contributed by atoms with Gasteiger partial charge in [0, 0.05) is 47.6 Å². The van der Waals surface area contributed by atoms with Crippen molar-refractivity contribution in [2.45, 2.75) is 219 Å². The number of benzene rings is 5. The van der Waals surface area contributed by atoms with Gasteiger partial charge in [0.25, 0.3) is 0 Å². The predicted octanol–water partition coefficient (Wildman–Crippen LogP) is -0.853. The van der Waals surface area contributed by atoms with E-state index in [1.54, 1.807) is 13.8 Å². The summed E-state index contributed by atoms with van der Waals surface area (Å²) in [6, 6.07) is -1.89. The van der Waals surface area contributed by atoms with E-state index >= 15 is 24.0 Å². The molecule has 132 heavy (non-hydrogen) atoms. The number of fused-ring (bicyclic) bond motifs is 15. The van der Waals surface area contributed by atoms with E-state index in [1.807, 2.05) is 0 Å². The molecule has 48 nitrogen and oxygen atoms in total. The summed E-state index contributed by atoms with van der Waals surface area (Å²) in [6.07, 6.45) is -29.5. The Hall–Kier alpha value is -10.8. The van der Waals surface area contributed by atoms with Crippen LogP contribution < -0.4 is 73.5 Å².